The van der Waals surface area contributed by atoms with Crippen LogP contribution in [0.5, 0.6) is 17.2 Å². The molecule has 0 radical (unpaired) electrons. The van der Waals surface area contributed by atoms with Crippen molar-refractivity contribution in [2.75, 3.05) is 33.6 Å². The van der Waals surface area contributed by atoms with E-state index in [0.29, 0.717) is 41.0 Å². The van der Waals surface area contributed by atoms with Crippen molar-refractivity contribution < 1.29 is 23.8 Å². The average molecular weight is 487 g/mol. The fraction of sp³-hybridized carbons (Fsp3) is 0.462. The molecule has 1 heterocycles. The second-order valence-corrected chi connectivity index (χ2v) is 9.80. The number of nitrogens with one attached hydrogen (secondary N) is 1. The zero-order valence-corrected chi connectivity index (χ0v) is 21.3. The number of ether oxygens (including phenoxy) is 3. The van der Waals surface area contributed by atoms with Gasteiger partial charge in [-0.15, -0.1) is 11.8 Å². The van der Waals surface area contributed by atoms with Gasteiger partial charge in [0.15, 0.2) is 11.5 Å². The number of hydrogen-bond donors (Lipinski definition) is 1. The van der Waals surface area contributed by atoms with Gasteiger partial charge in [-0.25, -0.2) is 0 Å². The van der Waals surface area contributed by atoms with E-state index in [4.69, 9.17) is 14.2 Å². The maximum atomic E-state index is 13.8. The Morgan fingerprint density at radius 2 is 1.71 bits per heavy atom. The van der Waals surface area contributed by atoms with Crippen molar-refractivity contribution in [1.82, 2.24) is 10.2 Å². The Kier molecular flexibility index (Phi) is 9.10. The maximum absolute atomic E-state index is 13.8. The zero-order chi connectivity index (χ0) is 24.7. The molecule has 0 aliphatic carbocycles. The molecule has 0 spiro atoms. The number of amides is 2. The summed E-state index contributed by atoms with van der Waals surface area (Å²) in [6.07, 6.45) is 1.54. The molecule has 3 rings (SSSR count). The molecule has 2 aromatic rings. The second kappa shape index (κ2) is 12.0. The standard InChI is InChI=1S/C26H34N2O5S/c1-17(2)13-23-28(26(30)19-14-21(31-3)24(33-5)22(15-19)32-4)20(16-34-23)25(29)27-12-11-18-9-7-6-8-10-18/h6-10,14-15,17,20,23H,11-13,16H2,1-5H3,(H,27,29). The quantitative estimate of drug-likeness (QED) is 0.547. The predicted octanol–water partition coefficient (Wildman–Crippen LogP) is 4.00. The van der Waals surface area contributed by atoms with Gasteiger partial charge in [0.25, 0.3) is 5.91 Å². The van der Waals surface area contributed by atoms with Crippen LogP contribution in [0.4, 0.5) is 0 Å². The number of nitrogens with zero attached hydrogens (tertiary/aromatic N) is 1. The molecule has 1 N–H and O–H groups in total. The number of carbonyl (C=O) groups is 2. The van der Waals surface area contributed by atoms with E-state index in [2.05, 4.69) is 19.2 Å². The molecule has 1 aliphatic rings. The first-order valence-corrected chi connectivity index (χ1v) is 12.5. The summed E-state index contributed by atoms with van der Waals surface area (Å²) < 4.78 is 16.3. The number of rotatable bonds is 10. The van der Waals surface area contributed by atoms with Crippen LogP contribution in [0, 0.1) is 5.92 Å². The molecule has 2 amide bonds. The summed E-state index contributed by atoms with van der Waals surface area (Å²) in [5, 5.41) is 2.94. The minimum Gasteiger partial charge on any atom is -0.493 e. The van der Waals surface area contributed by atoms with E-state index in [9.17, 15) is 9.59 Å². The van der Waals surface area contributed by atoms with Gasteiger partial charge < -0.3 is 24.4 Å². The van der Waals surface area contributed by atoms with Crippen LogP contribution >= 0.6 is 11.8 Å². The molecule has 184 valence electrons. The van der Waals surface area contributed by atoms with E-state index >= 15 is 0 Å². The summed E-state index contributed by atoms with van der Waals surface area (Å²) in [5.41, 5.74) is 1.56. The predicted molar refractivity (Wildman–Crippen MR) is 135 cm³/mol. The molecule has 7 nitrogen and oxygen atoms in total. The van der Waals surface area contributed by atoms with Gasteiger partial charge in [0.05, 0.1) is 26.7 Å². The van der Waals surface area contributed by atoms with Crippen molar-refractivity contribution in [3.8, 4) is 17.2 Å². The third-order valence-corrected chi connectivity index (χ3v) is 7.08. The first-order chi connectivity index (χ1) is 16.4. The minimum absolute atomic E-state index is 0.0866. The Balaban J connectivity index is 1.83. The largest absolute Gasteiger partial charge is 0.493 e. The fourth-order valence-corrected chi connectivity index (χ4v) is 5.71. The van der Waals surface area contributed by atoms with Crippen LogP contribution in [0.2, 0.25) is 0 Å². The van der Waals surface area contributed by atoms with Gasteiger partial charge in [0, 0.05) is 17.9 Å². The first kappa shape index (κ1) is 25.7. The van der Waals surface area contributed by atoms with Gasteiger partial charge in [-0.1, -0.05) is 44.2 Å². The Bertz CT molecular complexity index is 957. The summed E-state index contributed by atoms with van der Waals surface area (Å²) in [7, 11) is 4.55. The van der Waals surface area contributed by atoms with Gasteiger partial charge >= 0.3 is 0 Å². The lowest BCUT2D eigenvalue weighted by Crippen LogP contribution is -2.50. The second-order valence-electron chi connectivity index (χ2n) is 8.59. The highest BCUT2D eigenvalue weighted by molar-refractivity contribution is 8.00. The third kappa shape index (κ3) is 5.97. The Morgan fingerprint density at radius 1 is 1.06 bits per heavy atom. The monoisotopic (exact) mass is 486 g/mol. The average Bonchev–Trinajstić information content (AvgIpc) is 3.25. The normalized spacial score (nSPS) is 17.5. The summed E-state index contributed by atoms with van der Waals surface area (Å²) in [6, 6.07) is 12.8. The van der Waals surface area contributed by atoms with Crippen LogP contribution in [-0.2, 0) is 11.2 Å². The molecular formula is C26H34N2O5S. The molecule has 0 bridgehead atoms. The van der Waals surface area contributed by atoms with Crippen molar-refractivity contribution in [1.29, 1.82) is 0 Å². The SMILES string of the molecule is COc1cc(C(=O)N2C(CC(C)C)SCC2C(=O)NCCc2ccccc2)cc(OC)c1OC. The summed E-state index contributed by atoms with van der Waals surface area (Å²) in [6.45, 7) is 4.76. The van der Waals surface area contributed by atoms with E-state index < -0.39 is 6.04 Å². The van der Waals surface area contributed by atoms with Crippen molar-refractivity contribution >= 4 is 23.6 Å². The van der Waals surface area contributed by atoms with E-state index in [1.807, 2.05) is 30.3 Å². The minimum atomic E-state index is -0.545. The van der Waals surface area contributed by atoms with Gasteiger partial charge in [-0.05, 0) is 36.5 Å². The van der Waals surface area contributed by atoms with Crippen LogP contribution in [0.3, 0.4) is 0 Å². The van der Waals surface area contributed by atoms with Crippen molar-refractivity contribution in [2.45, 2.75) is 38.1 Å². The highest BCUT2D eigenvalue weighted by Gasteiger charge is 2.42. The molecule has 0 saturated carbocycles. The molecule has 1 aliphatic heterocycles. The third-order valence-electron chi connectivity index (χ3n) is 5.77. The molecule has 34 heavy (non-hydrogen) atoms. The van der Waals surface area contributed by atoms with Crippen molar-refractivity contribution in [3.05, 3.63) is 53.6 Å². The van der Waals surface area contributed by atoms with Gasteiger partial charge in [0.2, 0.25) is 11.7 Å². The molecule has 1 fully saturated rings. The van der Waals surface area contributed by atoms with E-state index in [-0.39, 0.29) is 17.2 Å². The summed E-state index contributed by atoms with van der Waals surface area (Å²) in [5.74, 6) is 1.82. The van der Waals surface area contributed by atoms with Gasteiger partial charge in [-0.3, -0.25) is 9.59 Å². The molecule has 0 aromatic heterocycles. The molecule has 2 aromatic carbocycles. The number of methoxy groups -OCH3 is 3. The van der Waals surface area contributed by atoms with Crippen LogP contribution in [0.25, 0.3) is 0 Å². The van der Waals surface area contributed by atoms with Crippen LogP contribution < -0.4 is 19.5 Å². The molecule has 2 unspecified atom stereocenters. The summed E-state index contributed by atoms with van der Waals surface area (Å²) in [4.78, 5) is 28.7. The van der Waals surface area contributed by atoms with Crippen molar-refractivity contribution in [2.24, 2.45) is 5.92 Å². The molecule has 1 saturated heterocycles. The molecular weight excluding hydrogens is 452 g/mol. The lowest BCUT2D eigenvalue weighted by atomic mass is 10.1. The molecule has 2 atom stereocenters. The number of carbonyl (C=O) groups excluding carboxylic acids is 2. The topological polar surface area (TPSA) is 77.1 Å². The number of benzene rings is 2. The Hall–Kier alpha value is -2.87. The van der Waals surface area contributed by atoms with Gasteiger partial charge in [0.1, 0.15) is 6.04 Å². The number of thioether (sulfide) groups is 1. The van der Waals surface area contributed by atoms with Crippen molar-refractivity contribution in [3.63, 3.8) is 0 Å². The Labute approximate surface area is 206 Å². The van der Waals surface area contributed by atoms with Gasteiger partial charge in [-0.2, -0.15) is 0 Å². The van der Waals surface area contributed by atoms with Crippen LogP contribution in [0.15, 0.2) is 42.5 Å². The Morgan fingerprint density at radius 3 is 2.26 bits per heavy atom. The van der Waals surface area contributed by atoms with Crippen LogP contribution in [0.1, 0.15) is 36.2 Å². The summed E-state index contributed by atoms with van der Waals surface area (Å²) >= 11 is 1.65. The van der Waals surface area contributed by atoms with E-state index in [1.54, 1.807) is 28.8 Å². The molecule has 8 heteroatoms. The lowest BCUT2D eigenvalue weighted by Gasteiger charge is -2.30. The van der Waals surface area contributed by atoms with Crippen LogP contribution in [-0.4, -0.2) is 61.8 Å². The number of hydrogen-bond acceptors (Lipinski definition) is 6. The maximum Gasteiger partial charge on any atom is 0.255 e. The van der Waals surface area contributed by atoms with E-state index in [1.165, 1.54) is 21.3 Å². The zero-order valence-electron chi connectivity index (χ0n) is 20.5. The fourth-order valence-electron chi connectivity index (χ4n) is 4.07. The van der Waals surface area contributed by atoms with E-state index in [0.717, 1.165) is 18.4 Å². The lowest BCUT2D eigenvalue weighted by molar-refractivity contribution is -0.124. The first-order valence-electron chi connectivity index (χ1n) is 11.5. The highest BCUT2D eigenvalue weighted by Crippen LogP contribution is 2.40. The smallest absolute Gasteiger partial charge is 0.255 e. The highest BCUT2D eigenvalue weighted by atomic mass is 32.2.